The van der Waals surface area contributed by atoms with E-state index in [4.69, 9.17) is 0 Å². The van der Waals surface area contributed by atoms with Gasteiger partial charge in [0, 0.05) is 29.1 Å². The third-order valence-corrected chi connectivity index (χ3v) is 7.59. The molecule has 3 aromatic rings. The number of H-pyrrole nitrogens is 1. The van der Waals surface area contributed by atoms with Crippen LogP contribution in [0.1, 0.15) is 71.6 Å². The van der Waals surface area contributed by atoms with Gasteiger partial charge in [0.25, 0.3) is 5.91 Å². The van der Waals surface area contributed by atoms with Crippen LogP contribution >= 0.6 is 11.3 Å². The molecule has 1 amide bonds. The van der Waals surface area contributed by atoms with Gasteiger partial charge in [-0.25, -0.2) is 4.98 Å². The number of thiazole rings is 1. The van der Waals surface area contributed by atoms with Crippen LogP contribution in [0.2, 0.25) is 0 Å². The van der Waals surface area contributed by atoms with Crippen LogP contribution in [0.5, 0.6) is 0 Å². The molecular formula is C25H34N4OS. The van der Waals surface area contributed by atoms with Gasteiger partial charge >= 0.3 is 0 Å². The van der Waals surface area contributed by atoms with Gasteiger partial charge < -0.3 is 15.2 Å². The largest absolute Gasteiger partial charge is 0.361 e. The molecule has 5 nitrogen and oxygen atoms in total. The lowest BCUT2D eigenvalue weighted by Crippen LogP contribution is -2.36. The molecule has 0 saturated carbocycles. The van der Waals surface area contributed by atoms with Crippen LogP contribution in [0.4, 0.5) is 0 Å². The summed E-state index contributed by atoms with van der Waals surface area (Å²) in [5.74, 6) is 0.508. The van der Waals surface area contributed by atoms with E-state index in [0.29, 0.717) is 5.92 Å². The van der Waals surface area contributed by atoms with Crippen molar-refractivity contribution < 1.29 is 4.79 Å². The number of unbranched alkanes of at least 4 members (excludes halogenated alkanes) is 1. The number of rotatable bonds is 8. The maximum Gasteiger partial charge on any atom is 0.263 e. The number of hydrogen-bond acceptors (Lipinski definition) is 4. The maximum absolute atomic E-state index is 13.1. The van der Waals surface area contributed by atoms with Crippen LogP contribution in [0.25, 0.3) is 10.9 Å². The van der Waals surface area contributed by atoms with Gasteiger partial charge in [0.15, 0.2) is 0 Å². The quantitative estimate of drug-likeness (QED) is 0.498. The van der Waals surface area contributed by atoms with E-state index in [1.165, 1.54) is 23.8 Å². The first-order valence-electron chi connectivity index (χ1n) is 11.6. The predicted molar refractivity (Wildman–Crippen MR) is 129 cm³/mol. The number of carbonyl (C=O) groups excluding carboxylic acids is 1. The molecule has 0 radical (unpaired) electrons. The Labute approximate surface area is 189 Å². The van der Waals surface area contributed by atoms with Gasteiger partial charge in [-0.2, -0.15) is 0 Å². The van der Waals surface area contributed by atoms with Gasteiger partial charge in [0.05, 0.1) is 11.2 Å². The predicted octanol–water partition coefficient (Wildman–Crippen LogP) is 5.36. The molecule has 1 fully saturated rings. The van der Waals surface area contributed by atoms with Crippen molar-refractivity contribution in [1.82, 2.24) is 20.2 Å². The number of fused-ring (bicyclic) bond motifs is 1. The van der Waals surface area contributed by atoms with Crippen LogP contribution in [0, 0.1) is 0 Å². The number of para-hydroxylation sites is 1. The SMILES string of the molecule is CCCCC(Cc1c[nH]c2ccccc12)NC(=O)c1cnc(C2CCCN(C)CC2)s1. The summed E-state index contributed by atoms with van der Waals surface area (Å²) in [5, 5.41) is 5.69. The number of likely N-dealkylation sites (tertiary alicyclic amines) is 1. The third kappa shape index (κ3) is 5.55. The fourth-order valence-electron chi connectivity index (χ4n) is 4.57. The summed E-state index contributed by atoms with van der Waals surface area (Å²) in [7, 11) is 2.19. The molecule has 0 bridgehead atoms. The zero-order valence-corrected chi connectivity index (χ0v) is 19.5. The normalized spacial score (nSPS) is 18.7. The van der Waals surface area contributed by atoms with Gasteiger partial charge in [-0.1, -0.05) is 38.0 Å². The Morgan fingerprint density at radius 3 is 3.06 bits per heavy atom. The molecule has 1 saturated heterocycles. The molecular weight excluding hydrogens is 404 g/mol. The Hall–Kier alpha value is -2.18. The Morgan fingerprint density at radius 2 is 2.19 bits per heavy atom. The number of aromatic nitrogens is 2. The molecule has 31 heavy (non-hydrogen) atoms. The molecule has 6 heteroatoms. The maximum atomic E-state index is 13.1. The average molecular weight is 439 g/mol. The summed E-state index contributed by atoms with van der Waals surface area (Å²) in [5.41, 5.74) is 2.42. The smallest absolute Gasteiger partial charge is 0.263 e. The third-order valence-electron chi connectivity index (χ3n) is 6.43. The van der Waals surface area contributed by atoms with E-state index in [9.17, 15) is 4.79 Å². The van der Waals surface area contributed by atoms with Crippen LogP contribution in [0.3, 0.4) is 0 Å². The minimum Gasteiger partial charge on any atom is -0.361 e. The molecule has 3 heterocycles. The fourth-order valence-corrected chi connectivity index (χ4v) is 5.56. The van der Waals surface area contributed by atoms with Crippen LogP contribution in [-0.2, 0) is 6.42 Å². The molecule has 4 rings (SSSR count). The van der Waals surface area contributed by atoms with Gasteiger partial charge in [0.1, 0.15) is 4.88 Å². The number of hydrogen-bond donors (Lipinski definition) is 2. The van der Waals surface area contributed by atoms with E-state index < -0.39 is 0 Å². The van der Waals surface area contributed by atoms with E-state index in [0.717, 1.165) is 60.6 Å². The van der Waals surface area contributed by atoms with E-state index in [-0.39, 0.29) is 11.9 Å². The Bertz CT molecular complexity index is 994. The Kier molecular flexibility index (Phi) is 7.41. The van der Waals surface area contributed by atoms with Crippen molar-refractivity contribution in [3.63, 3.8) is 0 Å². The van der Waals surface area contributed by atoms with Crippen molar-refractivity contribution >= 4 is 28.1 Å². The second-order valence-electron chi connectivity index (χ2n) is 8.87. The van der Waals surface area contributed by atoms with Crippen molar-refractivity contribution in [3.8, 4) is 0 Å². The summed E-state index contributed by atoms with van der Waals surface area (Å²) >= 11 is 1.59. The molecule has 2 atom stereocenters. The van der Waals surface area contributed by atoms with Gasteiger partial charge in [-0.05, 0) is 63.9 Å². The van der Waals surface area contributed by atoms with E-state index in [1.54, 1.807) is 17.5 Å². The Morgan fingerprint density at radius 1 is 1.32 bits per heavy atom. The van der Waals surface area contributed by atoms with E-state index in [2.05, 4.69) is 58.6 Å². The zero-order valence-electron chi connectivity index (χ0n) is 18.7. The highest BCUT2D eigenvalue weighted by molar-refractivity contribution is 7.13. The number of benzene rings is 1. The van der Waals surface area contributed by atoms with Gasteiger partial charge in [-0.3, -0.25) is 4.79 Å². The molecule has 1 aromatic carbocycles. The highest BCUT2D eigenvalue weighted by Crippen LogP contribution is 2.31. The number of nitrogens with zero attached hydrogens (tertiary/aromatic N) is 2. The van der Waals surface area contributed by atoms with Crippen LogP contribution in [0.15, 0.2) is 36.7 Å². The first-order chi connectivity index (χ1) is 15.1. The topological polar surface area (TPSA) is 61.0 Å². The van der Waals surface area contributed by atoms with Crippen molar-refractivity contribution in [2.24, 2.45) is 0 Å². The molecule has 1 aliphatic rings. The minimum absolute atomic E-state index is 0.0236. The monoisotopic (exact) mass is 438 g/mol. The summed E-state index contributed by atoms with van der Waals surface area (Å²) < 4.78 is 0. The summed E-state index contributed by atoms with van der Waals surface area (Å²) in [6, 6.07) is 8.50. The van der Waals surface area contributed by atoms with Crippen LogP contribution in [-0.4, -0.2) is 47.0 Å². The van der Waals surface area contributed by atoms with Crippen molar-refractivity contribution in [2.75, 3.05) is 20.1 Å². The molecule has 1 aliphatic heterocycles. The minimum atomic E-state index is 0.0236. The molecule has 0 aliphatic carbocycles. The lowest BCUT2D eigenvalue weighted by molar-refractivity contribution is 0.0938. The van der Waals surface area contributed by atoms with E-state index >= 15 is 0 Å². The van der Waals surface area contributed by atoms with E-state index in [1.807, 2.05) is 6.07 Å². The lowest BCUT2D eigenvalue weighted by Gasteiger charge is -2.18. The fraction of sp³-hybridized carbons (Fsp3) is 0.520. The number of aromatic amines is 1. The molecule has 166 valence electrons. The summed E-state index contributed by atoms with van der Waals surface area (Å²) in [4.78, 5) is 24.2. The molecule has 2 N–H and O–H groups in total. The standard InChI is InChI=1S/C25H34N4OS/c1-3-4-9-20(15-19-16-26-22-11-6-5-10-21(19)22)28-24(30)23-17-27-25(31-23)18-8-7-13-29(2)14-12-18/h5-6,10-11,16-18,20,26H,3-4,7-9,12-15H2,1-2H3,(H,28,30). The molecule has 0 spiro atoms. The highest BCUT2D eigenvalue weighted by Gasteiger charge is 2.22. The Balaban J connectivity index is 1.43. The average Bonchev–Trinajstić information content (AvgIpc) is 3.37. The van der Waals surface area contributed by atoms with Gasteiger partial charge in [-0.15, -0.1) is 11.3 Å². The van der Waals surface area contributed by atoms with Crippen molar-refractivity contribution in [1.29, 1.82) is 0 Å². The zero-order chi connectivity index (χ0) is 21.6. The number of nitrogens with one attached hydrogen (secondary N) is 2. The van der Waals surface area contributed by atoms with Gasteiger partial charge in [0.2, 0.25) is 0 Å². The first kappa shape index (κ1) is 22.0. The number of amides is 1. The highest BCUT2D eigenvalue weighted by atomic mass is 32.1. The second-order valence-corrected chi connectivity index (χ2v) is 9.93. The number of carbonyl (C=O) groups is 1. The summed E-state index contributed by atoms with van der Waals surface area (Å²) in [6.45, 7) is 4.46. The van der Waals surface area contributed by atoms with Crippen molar-refractivity contribution in [3.05, 3.63) is 52.1 Å². The summed E-state index contributed by atoms with van der Waals surface area (Å²) in [6.07, 6.45) is 11.4. The molecule has 2 aromatic heterocycles. The van der Waals surface area contributed by atoms with Crippen molar-refractivity contribution in [2.45, 2.75) is 63.8 Å². The lowest BCUT2D eigenvalue weighted by atomic mass is 10.0. The molecule has 2 unspecified atom stereocenters. The first-order valence-corrected chi connectivity index (χ1v) is 12.5. The van der Waals surface area contributed by atoms with Crippen LogP contribution < -0.4 is 5.32 Å². The second kappa shape index (κ2) is 10.4.